The maximum atomic E-state index is 14.3. The van der Waals surface area contributed by atoms with Gasteiger partial charge in [0.15, 0.2) is 5.01 Å². The number of amides is 1. The average molecular weight is 519 g/mol. The van der Waals surface area contributed by atoms with Crippen molar-refractivity contribution in [2.24, 2.45) is 0 Å². The second-order valence-electron chi connectivity index (χ2n) is 8.83. The zero-order chi connectivity index (χ0) is 26.1. The summed E-state index contributed by atoms with van der Waals surface area (Å²) in [7, 11) is 0. The van der Waals surface area contributed by atoms with E-state index in [4.69, 9.17) is 4.74 Å². The lowest BCUT2D eigenvalue weighted by atomic mass is 9.98. The molecule has 0 aliphatic carbocycles. The van der Waals surface area contributed by atoms with Crippen molar-refractivity contribution in [1.29, 1.82) is 0 Å². The molecule has 0 saturated heterocycles. The van der Waals surface area contributed by atoms with Crippen molar-refractivity contribution in [1.82, 2.24) is 20.1 Å². The van der Waals surface area contributed by atoms with Crippen molar-refractivity contribution in [2.75, 3.05) is 0 Å². The highest BCUT2D eigenvalue weighted by Crippen LogP contribution is 2.31. The largest absolute Gasteiger partial charge is 0.484 e. The van der Waals surface area contributed by atoms with E-state index in [1.54, 1.807) is 41.3 Å². The number of hydrogen-bond acceptors (Lipinski definition) is 5. The minimum Gasteiger partial charge on any atom is -0.484 e. The number of ether oxygens (including phenoxy) is 1. The average Bonchev–Trinajstić information content (AvgIpc) is 3.50. The lowest BCUT2D eigenvalue weighted by molar-refractivity contribution is 0.0881. The third kappa shape index (κ3) is 5.22. The Morgan fingerprint density at radius 3 is 2.49 bits per heavy atom. The number of nitrogens with zero attached hydrogens (tertiary/aromatic N) is 3. The molecule has 1 amide bonds. The number of halogens is 2. The van der Waals surface area contributed by atoms with Gasteiger partial charge in [-0.2, -0.15) is 5.10 Å². The zero-order valence-corrected chi connectivity index (χ0v) is 21.2. The number of fused-ring (bicyclic) bond motifs is 1. The Hall–Kier alpha value is -4.11. The van der Waals surface area contributed by atoms with Crippen LogP contribution in [0.4, 0.5) is 8.78 Å². The van der Waals surface area contributed by atoms with E-state index in [2.05, 4.69) is 15.4 Å². The van der Waals surface area contributed by atoms with E-state index in [0.717, 1.165) is 27.0 Å². The molecular weight excluding hydrogens is 494 g/mol. The van der Waals surface area contributed by atoms with E-state index in [-0.39, 0.29) is 17.5 Å². The Morgan fingerprint density at radius 1 is 1.00 bits per heavy atom. The van der Waals surface area contributed by atoms with E-state index in [9.17, 15) is 13.6 Å². The summed E-state index contributed by atoms with van der Waals surface area (Å²) in [6.07, 6.45) is 2.67. The van der Waals surface area contributed by atoms with Crippen molar-refractivity contribution < 1.29 is 18.3 Å². The van der Waals surface area contributed by atoms with Crippen molar-refractivity contribution in [2.45, 2.75) is 32.9 Å². The molecule has 0 saturated carbocycles. The number of rotatable bonds is 7. The van der Waals surface area contributed by atoms with Crippen LogP contribution in [-0.2, 0) is 0 Å². The predicted molar refractivity (Wildman–Crippen MR) is 139 cm³/mol. The fraction of sp³-hybridized carbons (Fsp3) is 0.179. The van der Waals surface area contributed by atoms with Gasteiger partial charge >= 0.3 is 0 Å². The van der Waals surface area contributed by atoms with Crippen LogP contribution in [0.15, 0.2) is 73.1 Å². The van der Waals surface area contributed by atoms with Gasteiger partial charge in [-0.3, -0.25) is 4.79 Å². The minimum absolute atomic E-state index is 0.315. The molecule has 0 fully saturated rings. The van der Waals surface area contributed by atoms with Crippen LogP contribution in [0.1, 0.15) is 38.8 Å². The molecule has 0 aliphatic heterocycles. The number of carbonyl (C=O) groups is 1. The van der Waals surface area contributed by atoms with Gasteiger partial charge < -0.3 is 10.1 Å². The normalized spacial score (nSPS) is 12.9. The highest BCUT2D eigenvalue weighted by Gasteiger charge is 2.26. The first-order chi connectivity index (χ1) is 17.8. The van der Waals surface area contributed by atoms with Crippen LogP contribution in [0.2, 0.25) is 0 Å². The van der Waals surface area contributed by atoms with Crippen molar-refractivity contribution in [3.05, 3.63) is 106 Å². The summed E-state index contributed by atoms with van der Waals surface area (Å²) in [6, 6.07) is 15.6. The van der Waals surface area contributed by atoms with E-state index >= 15 is 0 Å². The topological polar surface area (TPSA) is 69.0 Å². The maximum absolute atomic E-state index is 14.3. The van der Waals surface area contributed by atoms with Crippen LogP contribution in [0.5, 0.6) is 5.75 Å². The Labute approximate surface area is 216 Å². The van der Waals surface area contributed by atoms with E-state index in [0.29, 0.717) is 16.3 Å². The molecule has 2 heterocycles. The summed E-state index contributed by atoms with van der Waals surface area (Å²) < 4.78 is 35.7. The molecule has 2 atom stereocenters. The van der Waals surface area contributed by atoms with Gasteiger partial charge in [-0.05, 0) is 80.9 Å². The molecule has 0 spiro atoms. The zero-order valence-electron chi connectivity index (χ0n) is 20.4. The Balaban J connectivity index is 1.46. The van der Waals surface area contributed by atoms with Crippen molar-refractivity contribution >= 4 is 28.1 Å². The first-order valence-corrected chi connectivity index (χ1v) is 12.5. The summed E-state index contributed by atoms with van der Waals surface area (Å²) >= 11 is 1.30. The van der Waals surface area contributed by atoms with Crippen LogP contribution < -0.4 is 10.1 Å². The molecule has 1 unspecified atom stereocenters. The molecule has 1 N–H and O–H groups in total. The second-order valence-corrected chi connectivity index (χ2v) is 10.1. The van der Waals surface area contributed by atoms with Crippen molar-refractivity contribution in [3.8, 4) is 11.4 Å². The van der Waals surface area contributed by atoms with Gasteiger partial charge in [-0.25, -0.2) is 18.4 Å². The number of carbonyl (C=O) groups excluding carboxylic acids is 1. The molecule has 5 aromatic rings. The van der Waals surface area contributed by atoms with E-state index < -0.39 is 12.1 Å². The number of aromatic nitrogens is 3. The lowest BCUT2D eigenvalue weighted by Gasteiger charge is -2.27. The molecule has 6 nitrogen and oxygen atoms in total. The van der Waals surface area contributed by atoms with Gasteiger partial charge in [0, 0.05) is 22.0 Å². The number of benzene rings is 3. The van der Waals surface area contributed by atoms with Gasteiger partial charge in [0.05, 0.1) is 23.4 Å². The van der Waals surface area contributed by atoms with Crippen LogP contribution in [0.25, 0.3) is 16.6 Å². The highest BCUT2D eigenvalue weighted by atomic mass is 32.1. The SMILES string of the molecule is Cc1cnc(C(=O)NC(C)[C@H](Oc2ccc3c(cnn3-c3ccc(F)cc3)c2)c2cc(F)ccc2C)s1. The number of hydrogen-bond donors (Lipinski definition) is 1. The van der Waals surface area contributed by atoms with Crippen LogP contribution >= 0.6 is 11.3 Å². The lowest BCUT2D eigenvalue weighted by Crippen LogP contribution is -2.39. The van der Waals surface area contributed by atoms with Gasteiger partial charge in [0.2, 0.25) is 0 Å². The van der Waals surface area contributed by atoms with Crippen molar-refractivity contribution in [3.63, 3.8) is 0 Å². The summed E-state index contributed by atoms with van der Waals surface area (Å²) in [5.74, 6) is -0.490. The highest BCUT2D eigenvalue weighted by molar-refractivity contribution is 7.13. The monoisotopic (exact) mass is 518 g/mol. The molecule has 188 valence electrons. The number of aryl methyl sites for hydroxylation is 2. The second kappa shape index (κ2) is 10.1. The summed E-state index contributed by atoms with van der Waals surface area (Å²) in [5.41, 5.74) is 3.01. The quantitative estimate of drug-likeness (QED) is 0.274. The smallest absolute Gasteiger partial charge is 0.280 e. The Morgan fingerprint density at radius 2 is 1.76 bits per heavy atom. The van der Waals surface area contributed by atoms with Crippen LogP contribution in [0, 0.1) is 25.5 Å². The molecule has 5 rings (SSSR count). The fourth-order valence-electron chi connectivity index (χ4n) is 4.18. The summed E-state index contributed by atoms with van der Waals surface area (Å²) in [4.78, 5) is 17.9. The molecule has 0 aliphatic rings. The van der Waals surface area contributed by atoms with Crippen LogP contribution in [-0.4, -0.2) is 26.7 Å². The molecule has 0 radical (unpaired) electrons. The van der Waals surface area contributed by atoms with E-state index in [1.807, 2.05) is 32.9 Å². The third-order valence-electron chi connectivity index (χ3n) is 6.05. The predicted octanol–water partition coefficient (Wildman–Crippen LogP) is 6.32. The number of nitrogens with one attached hydrogen (secondary N) is 1. The first-order valence-electron chi connectivity index (χ1n) is 11.7. The minimum atomic E-state index is -0.676. The summed E-state index contributed by atoms with van der Waals surface area (Å²) in [5, 5.41) is 8.56. The molecular formula is C28H24F2N4O2S. The molecule has 3 aromatic carbocycles. The fourth-order valence-corrected chi connectivity index (χ4v) is 4.84. The molecule has 2 aromatic heterocycles. The van der Waals surface area contributed by atoms with E-state index in [1.165, 1.54) is 35.6 Å². The maximum Gasteiger partial charge on any atom is 0.280 e. The standard InChI is InChI=1S/C28H24F2N4O2S/c1-16-4-5-21(30)13-24(16)26(18(3)33-27(35)28-31-14-17(2)37-28)36-23-10-11-25-19(12-23)15-32-34(25)22-8-6-20(29)7-9-22/h4-15,18,26H,1-3H3,(H,33,35)/t18?,26-/m0/s1. The van der Waals surface area contributed by atoms with Gasteiger partial charge in [-0.1, -0.05) is 6.07 Å². The molecule has 37 heavy (non-hydrogen) atoms. The van der Waals surface area contributed by atoms with Crippen LogP contribution in [0.3, 0.4) is 0 Å². The Kier molecular flexibility index (Phi) is 6.71. The summed E-state index contributed by atoms with van der Waals surface area (Å²) in [6.45, 7) is 5.58. The van der Waals surface area contributed by atoms with Gasteiger partial charge in [0.25, 0.3) is 5.91 Å². The van der Waals surface area contributed by atoms with Gasteiger partial charge in [0.1, 0.15) is 23.5 Å². The third-order valence-corrected chi connectivity index (χ3v) is 6.96. The molecule has 9 heteroatoms. The molecule has 0 bridgehead atoms. The first kappa shape index (κ1) is 24.6. The number of thiazole rings is 1. The van der Waals surface area contributed by atoms with Gasteiger partial charge in [-0.15, -0.1) is 11.3 Å². The Bertz CT molecular complexity index is 1580.